The van der Waals surface area contributed by atoms with Crippen LogP contribution in [0.25, 0.3) is 5.57 Å². The largest absolute Gasteiger partial charge is 0.416 e. The van der Waals surface area contributed by atoms with Crippen LogP contribution in [0.1, 0.15) is 62.5 Å². The fourth-order valence-electron chi connectivity index (χ4n) is 4.92. The predicted molar refractivity (Wildman–Crippen MR) is 124 cm³/mol. The summed E-state index contributed by atoms with van der Waals surface area (Å²) in [4.78, 5) is 14.5. The van der Waals surface area contributed by atoms with E-state index < -0.39 is 11.7 Å². The summed E-state index contributed by atoms with van der Waals surface area (Å²) >= 11 is 0. The number of hydrogen-bond acceptors (Lipinski definition) is 4. The summed E-state index contributed by atoms with van der Waals surface area (Å²) in [6.07, 6.45) is 4.61. The fraction of sp³-hybridized carbons (Fsp3) is 0.615. The predicted octanol–water partition coefficient (Wildman–Crippen LogP) is 6.01. The summed E-state index contributed by atoms with van der Waals surface area (Å²) in [7, 11) is 1.62. The molecule has 1 saturated carbocycles. The number of rotatable bonds is 10. The van der Waals surface area contributed by atoms with Crippen molar-refractivity contribution in [3.8, 4) is 0 Å². The molecule has 182 valence electrons. The van der Waals surface area contributed by atoms with Crippen molar-refractivity contribution in [2.45, 2.75) is 57.5 Å². The van der Waals surface area contributed by atoms with Gasteiger partial charge >= 0.3 is 6.18 Å². The van der Waals surface area contributed by atoms with Gasteiger partial charge < -0.3 is 10.1 Å². The number of methoxy groups -OCH3 is 1. The van der Waals surface area contributed by atoms with Gasteiger partial charge in [0.2, 0.25) is 0 Å². The van der Waals surface area contributed by atoms with Crippen molar-refractivity contribution in [3.63, 3.8) is 0 Å². The molecule has 0 atom stereocenters. The van der Waals surface area contributed by atoms with Gasteiger partial charge in [0.05, 0.1) is 11.3 Å². The quantitative estimate of drug-likeness (QED) is 0.341. The number of carbonyl (C=O) groups is 1. The third-order valence-corrected chi connectivity index (χ3v) is 7.02. The Kier molecular flexibility index (Phi) is 9.27. The lowest BCUT2D eigenvalue weighted by Crippen LogP contribution is -2.32. The summed E-state index contributed by atoms with van der Waals surface area (Å²) in [6.45, 7) is 3.16. The van der Waals surface area contributed by atoms with E-state index in [4.69, 9.17) is 10.1 Å². The van der Waals surface area contributed by atoms with Crippen LogP contribution in [0, 0.1) is 17.2 Å². The zero-order chi connectivity index (χ0) is 23.8. The topological polar surface area (TPSA) is 53.4 Å². The third-order valence-electron chi connectivity index (χ3n) is 7.02. The van der Waals surface area contributed by atoms with Crippen LogP contribution in [0.15, 0.2) is 30.3 Å². The molecule has 0 aromatic heterocycles. The molecule has 4 nitrogen and oxygen atoms in total. The van der Waals surface area contributed by atoms with E-state index in [1.165, 1.54) is 12.1 Å². The van der Waals surface area contributed by atoms with Crippen molar-refractivity contribution in [1.29, 1.82) is 5.41 Å². The highest BCUT2D eigenvalue weighted by Gasteiger charge is 2.31. The zero-order valence-electron chi connectivity index (χ0n) is 19.4. The number of ether oxygens (including phenoxy) is 1. The Morgan fingerprint density at radius 3 is 2.61 bits per heavy atom. The van der Waals surface area contributed by atoms with E-state index in [-0.39, 0.29) is 11.7 Å². The second-order valence-corrected chi connectivity index (χ2v) is 9.30. The molecule has 1 aromatic rings. The van der Waals surface area contributed by atoms with Gasteiger partial charge in [0, 0.05) is 39.1 Å². The molecule has 7 heteroatoms. The first kappa shape index (κ1) is 25.6. The molecule has 2 aliphatic rings. The second-order valence-electron chi connectivity index (χ2n) is 9.30. The molecule has 1 fully saturated rings. The van der Waals surface area contributed by atoms with Crippen LogP contribution >= 0.6 is 0 Å². The van der Waals surface area contributed by atoms with E-state index >= 15 is 0 Å². The molecule has 0 spiro atoms. The van der Waals surface area contributed by atoms with Gasteiger partial charge in [-0.1, -0.05) is 18.2 Å². The fourth-order valence-corrected chi connectivity index (χ4v) is 4.92. The minimum atomic E-state index is -4.31. The van der Waals surface area contributed by atoms with E-state index in [1.807, 2.05) is 0 Å². The maximum atomic E-state index is 13.0. The molecule has 1 heterocycles. The van der Waals surface area contributed by atoms with E-state index in [9.17, 15) is 18.0 Å². The second kappa shape index (κ2) is 11.9. The van der Waals surface area contributed by atoms with Crippen LogP contribution in [0.4, 0.5) is 13.2 Å². The van der Waals surface area contributed by atoms with Crippen molar-refractivity contribution < 1.29 is 22.7 Å². The van der Waals surface area contributed by atoms with Gasteiger partial charge in [0.15, 0.2) is 5.78 Å². The molecule has 0 unspecified atom stereocenters. The molecule has 0 bridgehead atoms. The Balaban J connectivity index is 1.40. The van der Waals surface area contributed by atoms with Crippen molar-refractivity contribution in [1.82, 2.24) is 4.90 Å². The maximum absolute atomic E-state index is 13.0. The van der Waals surface area contributed by atoms with Crippen LogP contribution in [0.2, 0.25) is 0 Å². The molecule has 0 amide bonds. The minimum Gasteiger partial charge on any atom is -0.385 e. The number of carbonyl (C=O) groups excluding carboxylic acids is 1. The Hall–Kier alpha value is -1.99. The highest BCUT2D eigenvalue weighted by molar-refractivity contribution is 6.39. The smallest absolute Gasteiger partial charge is 0.385 e. The average Bonchev–Trinajstić information content (AvgIpc) is 2.82. The van der Waals surface area contributed by atoms with Crippen LogP contribution in [-0.4, -0.2) is 49.7 Å². The average molecular weight is 465 g/mol. The molecule has 1 aliphatic heterocycles. The number of Topliss-reactive ketones (excluding diaryl/α,β-unsaturated/α-hetero) is 1. The summed E-state index contributed by atoms with van der Waals surface area (Å²) in [6, 6.07) is 5.61. The lowest BCUT2D eigenvalue weighted by atomic mass is 9.77. The lowest BCUT2D eigenvalue weighted by Gasteiger charge is -2.31. The first-order chi connectivity index (χ1) is 15.8. The van der Waals surface area contributed by atoms with Crippen LogP contribution in [-0.2, 0) is 15.7 Å². The van der Waals surface area contributed by atoms with Crippen LogP contribution in [0.5, 0.6) is 0 Å². The molecule has 1 N–H and O–H groups in total. The number of ketones is 1. The summed E-state index contributed by atoms with van der Waals surface area (Å²) in [5.41, 5.74) is 1.37. The van der Waals surface area contributed by atoms with Crippen molar-refractivity contribution in [3.05, 3.63) is 41.5 Å². The molecular weight excluding hydrogens is 429 g/mol. The standard InChI is InChI=1S/C26H35F3N2O2/c1-33-17-3-6-24(32)25(30)21-9-7-19(8-10-21)11-14-31-15-12-20(13-16-31)22-4-2-5-23(18-22)26(27,28)29/h2,4-5,12,18-19,21,30H,3,6-11,13-17H2,1H3. The van der Waals surface area contributed by atoms with Crippen molar-refractivity contribution >= 4 is 17.1 Å². The Labute approximate surface area is 194 Å². The van der Waals surface area contributed by atoms with Gasteiger partial charge in [-0.2, -0.15) is 13.2 Å². The summed E-state index contributed by atoms with van der Waals surface area (Å²) in [5, 5.41) is 8.22. The Morgan fingerprint density at radius 2 is 1.97 bits per heavy atom. The molecule has 33 heavy (non-hydrogen) atoms. The third kappa shape index (κ3) is 7.51. The molecule has 1 aliphatic carbocycles. The first-order valence-corrected chi connectivity index (χ1v) is 12.0. The minimum absolute atomic E-state index is 0.0350. The molecule has 0 saturated heterocycles. The molecule has 3 rings (SSSR count). The normalized spacial score (nSPS) is 22.1. The lowest BCUT2D eigenvalue weighted by molar-refractivity contribution is -0.137. The highest BCUT2D eigenvalue weighted by atomic mass is 19.4. The number of hydrogen-bond donors (Lipinski definition) is 1. The Bertz CT molecular complexity index is 842. The van der Waals surface area contributed by atoms with E-state index in [0.717, 1.165) is 69.8 Å². The van der Waals surface area contributed by atoms with Gasteiger partial charge in [0.1, 0.15) is 0 Å². The van der Waals surface area contributed by atoms with Gasteiger partial charge in [-0.05, 0) is 80.7 Å². The van der Waals surface area contributed by atoms with Gasteiger partial charge in [-0.25, -0.2) is 0 Å². The monoisotopic (exact) mass is 464 g/mol. The summed E-state index contributed by atoms with van der Waals surface area (Å²) in [5.74, 6) is 0.683. The summed E-state index contributed by atoms with van der Waals surface area (Å²) < 4.78 is 43.9. The SMILES string of the molecule is COCCCC(=O)C(=N)C1CCC(CCN2CC=C(c3cccc(C(F)(F)F)c3)CC2)CC1. The molecule has 0 radical (unpaired) electrons. The molecular formula is C26H35F3N2O2. The maximum Gasteiger partial charge on any atom is 0.416 e. The number of nitrogens with one attached hydrogen (secondary N) is 1. The van der Waals surface area contributed by atoms with Crippen LogP contribution in [0.3, 0.4) is 0 Å². The van der Waals surface area contributed by atoms with Gasteiger partial charge in [-0.3, -0.25) is 9.69 Å². The van der Waals surface area contributed by atoms with E-state index in [1.54, 1.807) is 13.2 Å². The van der Waals surface area contributed by atoms with E-state index in [2.05, 4.69) is 11.0 Å². The van der Waals surface area contributed by atoms with Gasteiger partial charge in [-0.15, -0.1) is 0 Å². The number of halogens is 3. The number of nitrogens with zero attached hydrogens (tertiary/aromatic N) is 1. The number of alkyl halides is 3. The Morgan fingerprint density at radius 1 is 1.21 bits per heavy atom. The highest BCUT2D eigenvalue weighted by Crippen LogP contribution is 2.34. The van der Waals surface area contributed by atoms with Crippen molar-refractivity contribution in [2.75, 3.05) is 33.4 Å². The zero-order valence-corrected chi connectivity index (χ0v) is 19.4. The van der Waals surface area contributed by atoms with Crippen LogP contribution < -0.4 is 0 Å². The van der Waals surface area contributed by atoms with Crippen molar-refractivity contribution in [2.24, 2.45) is 11.8 Å². The number of benzene rings is 1. The van der Waals surface area contributed by atoms with E-state index in [0.29, 0.717) is 36.6 Å². The first-order valence-electron chi connectivity index (χ1n) is 12.0. The van der Waals surface area contributed by atoms with Gasteiger partial charge in [0.25, 0.3) is 0 Å². The molecule has 1 aromatic carbocycles.